The van der Waals surface area contributed by atoms with Crippen LogP contribution in [0.2, 0.25) is 0 Å². The van der Waals surface area contributed by atoms with Crippen LogP contribution in [0.15, 0.2) is 5.38 Å². The van der Waals surface area contributed by atoms with E-state index >= 15 is 0 Å². The molecule has 0 N–H and O–H groups in total. The summed E-state index contributed by atoms with van der Waals surface area (Å²) in [6.45, 7) is 10.9. The third-order valence-corrected chi connectivity index (χ3v) is 3.88. The predicted molar refractivity (Wildman–Crippen MR) is 69.0 cm³/mol. The van der Waals surface area contributed by atoms with Gasteiger partial charge in [0.2, 0.25) is 0 Å². The average Bonchev–Trinajstić information content (AvgIpc) is 2.51. The molecule has 1 aromatic heterocycles. The maximum Gasteiger partial charge on any atom is 0.0934 e. The molecule has 0 atom stereocenters. The van der Waals surface area contributed by atoms with Crippen molar-refractivity contribution in [3.63, 3.8) is 0 Å². The third kappa shape index (κ3) is 3.76. The summed E-state index contributed by atoms with van der Waals surface area (Å²) in [6.07, 6.45) is 0.969. The Morgan fingerprint density at radius 2 is 1.87 bits per heavy atom. The van der Waals surface area contributed by atoms with Gasteiger partial charge in [-0.25, -0.2) is 4.98 Å². The van der Waals surface area contributed by atoms with Gasteiger partial charge in [-0.2, -0.15) is 0 Å². The van der Waals surface area contributed by atoms with E-state index < -0.39 is 0 Å². The van der Waals surface area contributed by atoms with Gasteiger partial charge >= 0.3 is 0 Å². The number of aromatic nitrogens is 1. The van der Waals surface area contributed by atoms with Crippen LogP contribution >= 0.6 is 22.9 Å². The van der Waals surface area contributed by atoms with Crippen LogP contribution in [0.1, 0.15) is 45.3 Å². The zero-order valence-corrected chi connectivity index (χ0v) is 11.8. The lowest BCUT2D eigenvalue weighted by Crippen LogP contribution is -2.17. The second-order valence-electron chi connectivity index (χ2n) is 5.85. The van der Waals surface area contributed by atoms with Crippen LogP contribution in [-0.4, -0.2) is 10.9 Å². The summed E-state index contributed by atoms with van der Waals surface area (Å²) in [6, 6.07) is 0. The molecule has 0 radical (unpaired) electrons. The van der Waals surface area contributed by atoms with Crippen LogP contribution in [-0.2, 0) is 11.8 Å². The molecule has 0 aromatic carbocycles. The Bertz CT molecular complexity index is 323. The van der Waals surface area contributed by atoms with E-state index in [1.807, 2.05) is 0 Å². The molecule has 0 amide bonds. The van der Waals surface area contributed by atoms with E-state index in [0.717, 1.165) is 6.42 Å². The molecule has 0 aliphatic rings. The molecule has 0 saturated carbocycles. The summed E-state index contributed by atoms with van der Waals surface area (Å²) in [5.41, 5.74) is 1.49. The van der Waals surface area contributed by atoms with Gasteiger partial charge in [0.05, 0.1) is 10.7 Å². The number of hydrogen-bond donors (Lipinski definition) is 0. The third-order valence-electron chi connectivity index (χ3n) is 2.31. The molecule has 1 heterocycles. The van der Waals surface area contributed by atoms with E-state index in [9.17, 15) is 0 Å². The summed E-state index contributed by atoms with van der Waals surface area (Å²) in [7, 11) is 0. The van der Waals surface area contributed by atoms with E-state index in [-0.39, 0.29) is 10.8 Å². The summed E-state index contributed by atoms with van der Waals surface area (Å²) in [5.74, 6) is 0.678. The minimum Gasteiger partial charge on any atom is -0.246 e. The van der Waals surface area contributed by atoms with Gasteiger partial charge in [0.15, 0.2) is 0 Å². The number of halogens is 1. The fourth-order valence-corrected chi connectivity index (χ4v) is 2.57. The van der Waals surface area contributed by atoms with E-state index in [1.165, 1.54) is 10.7 Å². The Morgan fingerprint density at radius 1 is 1.27 bits per heavy atom. The molecule has 0 aliphatic carbocycles. The van der Waals surface area contributed by atoms with Crippen molar-refractivity contribution in [1.82, 2.24) is 4.98 Å². The molecule has 0 spiro atoms. The standard InChI is InChI=1S/C12H20ClNS/c1-11(2,3)9-7-15-10(14-9)6-12(4,5)8-13/h7H,6,8H2,1-5H3. The first-order chi connectivity index (χ1) is 6.74. The van der Waals surface area contributed by atoms with Crippen molar-refractivity contribution in [3.8, 4) is 0 Å². The highest BCUT2D eigenvalue weighted by atomic mass is 35.5. The monoisotopic (exact) mass is 245 g/mol. The molecule has 0 fully saturated rings. The molecule has 3 heteroatoms. The first-order valence-electron chi connectivity index (χ1n) is 5.25. The summed E-state index contributed by atoms with van der Waals surface area (Å²) in [5, 5.41) is 3.37. The quantitative estimate of drug-likeness (QED) is 0.726. The molecular weight excluding hydrogens is 226 g/mol. The van der Waals surface area contributed by atoms with Crippen LogP contribution < -0.4 is 0 Å². The first-order valence-corrected chi connectivity index (χ1v) is 6.67. The highest BCUT2D eigenvalue weighted by molar-refractivity contribution is 7.09. The first kappa shape index (κ1) is 13.0. The lowest BCUT2D eigenvalue weighted by atomic mass is 9.91. The minimum atomic E-state index is 0.147. The van der Waals surface area contributed by atoms with Crippen molar-refractivity contribution in [2.24, 2.45) is 5.41 Å². The summed E-state index contributed by atoms with van der Waals surface area (Å²) >= 11 is 7.67. The number of alkyl halides is 1. The van der Waals surface area contributed by atoms with Crippen molar-refractivity contribution in [2.45, 2.75) is 46.5 Å². The second kappa shape index (κ2) is 4.42. The van der Waals surface area contributed by atoms with E-state index in [1.54, 1.807) is 11.3 Å². The van der Waals surface area contributed by atoms with Crippen molar-refractivity contribution >= 4 is 22.9 Å². The van der Waals surface area contributed by atoms with Crippen LogP contribution in [0, 0.1) is 5.41 Å². The van der Waals surface area contributed by atoms with E-state index in [4.69, 9.17) is 11.6 Å². The van der Waals surface area contributed by atoms with Gasteiger partial charge in [0.1, 0.15) is 0 Å². The Hall–Kier alpha value is -0.0800. The van der Waals surface area contributed by atoms with Gasteiger partial charge in [-0.05, 0) is 5.41 Å². The molecule has 1 rings (SSSR count). The highest BCUT2D eigenvalue weighted by Gasteiger charge is 2.22. The van der Waals surface area contributed by atoms with Crippen LogP contribution in [0.25, 0.3) is 0 Å². The summed E-state index contributed by atoms with van der Waals surface area (Å²) < 4.78 is 0. The number of rotatable bonds is 3. The van der Waals surface area contributed by atoms with Crippen molar-refractivity contribution < 1.29 is 0 Å². The Labute approximate surface area is 102 Å². The zero-order valence-electron chi connectivity index (χ0n) is 10.2. The molecule has 15 heavy (non-hydrogen) atoms. The normalized spacial score (nSPS) is 13.2. The van der Waals surface area contributed by atoms with Gasteiger partial charge in [-0.3, -0.25) is 0 Å². The molecule has 1 aromatic rings. The predicted octanol–water partition coefficient (Wildman–Crippen LogP) is 4.25. The van der Waals surface area contributed by atoms with Gasteiger partial charge in [-0.1, -0.05) is 34.6 Å². The van der Waals surface area contributed by atoms with Gasteiger partial charge in [0.25, 0.3) is 0 Å². The molecular formula is C12H20ClNS. The lowest BCUT2D eigenvalue weighted by Gasteiger charge is -2.19. The molecule has 0 aliphatic heterocycles. The van der Waals surface area contributed by atoms with Gasteiger partial charge < -0.3 is 0 Å². The van der Waals surface area contributed by atoms with Crippen LogP contribution in [0.3, 0.4) is 0 Å². The number of thiazole rings is 1. The highest BCUT2D eigenvalue weighted by Crippen LogP contribution is 2.28. The van der Waals surface area contributed by atoms with Crippen molar-refractivity contribution in [2.75, 3.05) is 5.88 Å². The van der Waals surface area contributed by atoms with E-state index in [0.29, 0.717) is 5.88 Å². The topological polar surface area (TPSA) is 12.9 Å². The Kier molecular flexibility index (Phi) is 3.83. The SMILES string of the molecule is CC(C)(CCl)Cc1nc(C(C)(C)C)cs1. The van der Waals surface area contributed by atoms with Crippen LogP contribution in [0.5, 0.6) is 0 Å². The van der Waals surface area contributed by atoms with Crippen molar-refractivity contribution in [3.05, 3.63) is 16.1 Å². The zero-order chi connectivity index (χ0) is 11.7. The Balaban J connectivity index is 2.78. The maximum absolute atomic E-state index is 5.92. The lowest BCUT2D eigenvalue weighted by molar-refractivity contribution is 0.416. The Morgan fingerprint density at radius 3 is 2.27 bits per heavy atom. The molecule has 86 valence electrons. The molecule has 1 nitrogen and oxygen atoms in total. The smallest absolute Gasteiger partial charge is 0.0934 e. The maximum atomic E-state index is 5.92. The van der Waals surface area contributed by atoms with Crippen LogP contribution in [0.4, 0.5) is 0 Å². The van der Waals surface area contributed by atoms with Crippen molar-refractivity contribution in [1.29, 1.82) is 0 Å². The fraction of sp³-hybridized carbons (Fsp3) is 0.750. The van der Waals surface area contributed by atoms with Gasteiger partial charge in [-0.15, -0.1) is 22.9 Å². The number of hydrogen-bond acceptors (Lipinski definition) is 2. The molecule has 0 bridgehead atoms. The summed E-state index contributed by atoms with van der Waals surface area (Å²) in [4.78, 5) is 4.67. The van der Waals surface area contributed by atoms with Gasteiger partial charge in [0, 0.05) is 23.1 Å². The van der Waals surface area contributed by atoms with E-state index in [2.05, 4.69) is 45.0 Å². The fourth-order valence-electron chi connectivity index (χ4n) is 1.19. The average molecular weight is 246 g/mol. The minimum absolute atomic E-state index is 0.147. The second-order valence-corrected chi connectivity index (χ2v) is 7.06. The number of nitrogens with zero attached hydrogens (tertiary/aromatic N) is 1. The largest absolute Gasteiger partial charge is 0.246 e. The molecule has 0 unspecified atom stereocenters. The molecule has 0 saturated heterocycles.